The minimum absolute atomic E-state index is 0.0117. The Labute approximate surface area is 326 Å². The summed E-state index contributed by atoms with van der Waals surface area (Å²) in [5, 5.41) is 19.9. The van der Waals surface area contributed by atoms with Crippen LogP contribution < -0.4 is 27.0 Å². The molecule has 55 heavy (non-hydrogen) atoms. The van der Waals surface area contributed by atoms with E-state index >= 15 is 0 Å². The quantitative estimate of drug-likeness (QED) is 0.0473. The number of nitrogens with two attached hydrogens (primary N) is 1. The summed E-state index contributed by atoms with van der Waals surface area (Å²) in [5.74, 6) is -3.00. The van der Waals surface area contributed by atoms with Crippen LogP contribution in [-0.4, -0.2) is 146 Å². The lowest BCUT2D eigenvalue weighted by Gasteiger charge is -2.14. The second kappa shape index (κ2) is 38.8. The molecule has 0 radical (unpaired) electrons. The van der Waals surface area contributed by atoms with Crippen molar-refractivity contribution in [3.05, 3.63) is 0 Å². The zero-order chi connectivity index (χ0) is 40.6. The van der Waals surface area contributed by atoms with Crippen LogP contribution in [0.1, 0.15) is 96.8 Å². The fraction of sp³-hybridized carbons (Fsp3) is 0.838. The first-order chi connectivity index (χ1) is 26.6. The highest BCUT2D eigenvalue weighted by molar-refractivity contribution is 5.84. The third kappa shape index (κ3) is 38.6. The van der Waals surface area contributed by atoms with Crippen molar-refractivity contribution in [2.75, 3.05) is 98.9 Å². The van der Waals surface area contributed by atoms with Gasteiger partial charge in [-0.05, 0) is 12.8 Å². The summed E-state index contributed by atoms with van der Waals surface area (Å²) in [6.07, 6.45) is 13.1. The van der Waals surface area contributed by atoms with Gasteiger partial charge in [-0.25, -0.2) is 4.79 Å². The van der Waals surface area contributed by atoms with Gasteiger partial charge in [0.05, 0.1) is 59.5 Å². The predicted molar refractivity (Wildman–Crippen MR) is 203 cm³/mol. The number of aliphatic carboxylic acids is 1. The first-order valence-corrected chi connectivity index (χ1v) is 19.7. The molecule has 5 amide bonds. The molecule has 0 saturated heterocycles. The molecule has 18 heteroatoms. The Bertz CT molecular complexity index is 1020. The molecule has 0 aromatic heterocycles. The van der Waals surface area contributed by atoms with Crippen LogP contribution in [0.5, 0.6) is 0 Å². The zero-order valence-electron chi connectivity index (χ0n) is 33.0. The molecular weight excluding hydrogens is 722 g/mol. The molecule has 0 aliphatic carbocycles. The maximum Gasteiger partial charge on any atom is 0.326 e. The van der Waals surface area contributed by atoms with Crippen molar-refractivity contribution in [1.82, 2.24) is 21.3 Å². The number of unbranched alkanes of at least 4 members (excludes halogenated alkanes) is 10. The second-order valence-corrected chi connectivity index (χ2v) is 12.8. The van der Waals surface area contributed by atoms with Crippen molar-refractivity contribution < 1.29 is 62.3 Å². The first kappa shape index (κ1) is 51.6. The van der Waals surface area contributed by atoms with Crippen LogP contribution in [0.15, 0.2) is 0 Å². The van der Waals surface area contributed by atoms with Crippen LogP contribution in [-0.2, 0) is 57.2 Å². The fourth-order valence-electron chi connectivity index (χ4n) is 4.89. The predicted octanol–water partition coefficient (Wildman–Crippen LogP) is 0.971. The Morgan fingerprint density at radius 2 is 0.891 bits per heavy atom. The number of amides is 5. The number of carbonyl (C=O) groups excluding carboxylic acids is 5. The molecule has 0 rings (SSSR count). The Morgan fingerprint density at radius 3 is 1.33 bits per heavy atom. The molecule has 18 nitrogen and oxygen atoms in total. The number of hydrogen-bond acceptors (Lipinski definition) is 12. The van der Waals surface area contributed by atoms with E-state index < -0.39 is 17.9 Å². The van der Waals surface area contributed by atoms with Gasteiger partial charge in [-0.15, -0.1) is 0 Å². The molecule has 0 aromatic carbocycles. The minimum Gasteiger partial charge on any atom is -0.480 e. The average Bonchev–Trinajstić information content (AvgIpc) is 3.15. The van der Waals surface area contributed by atoms with Gasteiger partial charge in [0.1, 0.15) is 25.9 Å². The number of primary amides is 1. The largest absolute Gasteiger partial charge is 0.480 e. The number of hydrogen-bond donors (Lipinski definition) is 6. The first-order valence-electron chi connectivity index (χ1n) is 19.7. The highest BCUT2D eigenvalue weighted by atomic mass is 16.5. The van der Waals surface area contributed by atoms with Crippen LogP contribution in [0.4, 0.5) is 0 Å². The van der Waals surface area contributed by atoms with Gasteiger partial charge in [-0.2, -0.15) is 0 Å². The van der Waals surface area contributed by atoms with Crippen molar-refractivity contribution >= 4 is 35.5 Å². The zero-order valence-corrected chi connectivity index (χ0v) is 33.0. The second-order valence-electron chi connectivity index (χ2n) is 12.8. The van der Waals surface area contributed by atoms with E-state index in [0.29, 0.717) is 13.0 Å². The van der Waals surface area contributed by atoms with Crippen LogP contribution in [0.2, 0.25) is 0 Å². The molecular formula is C37H69N5O13. The standard InChI is InChI=1S/C37H69N5O13/c1-2-3-4-5-6-7-8-9-10-11-12-13-34(45)42-31(37(48)49)14-15-33(44)39-16-19-50-23-26-54-29-36(47)41-18-21-52-24-27-55-30-35(46)40-17-20-51-22-25-53-28-32(38)43/h31H,2-30H2,1H3,(H2,38,43)(H,39,44)(H,40,46)(H,41,47)(H,42,45)(H,48,49). The molecule has 1 atom stereocenters. The lowest BCUT2D eigenvalue weighted by Crippen LogP contribution is -2.41. The summed E-state index contributed by atoms with van der Waals surface area (Å²) in [7, 11) is 0. The summed E-state index contributed by atoms with van der Waals surface area (Å²) in [5.41, 5.74) is 4.94. The number of carbonyl (C=O) groups is 6. The molecule has 0 spiro atoms. The minimum atomic E-state index is -1.17. The number of ether oxygens (including phenoxy) is 6. The Kier molecular flexibility index (Phi) is 36.4. The van der Waals surface area contributed by atoms with Gasteiger partial charge in [0.2, 0.25) is 29.5 Å². The fourth-order valence-corrected chi connectivity index (χ4v) is 4.89. The van der Waals surface area contributed by atoms with E-state index in [0.717, 1.165) is 19.3 Å². The van der Waals surface area contributed by atoms with Crippen molar-refractivity contribution in [3.63, 3.8) is 0 Å². The maximum absolute atomic E-state index is 12.2. The van der Waals surface area contributed by atoms with Gasteiger partial charge in [-0.3, -0.25) is 24.0 Å². The third-order valence-electron chi connectivity index (χ3n) is 7.83. The molecule has 0 fully saturated rings. The number of carboxylic acids is 1. The van der Waals surface area contributed by atoms with Crippen LogP contribution in [0.3, 0.4) is 0 Å². The van der Waals surface area contributed by atoms with Gasteiger partial charge in [-0.1, -0.05) is 71.1 Å². The van der Waals surface area contributed by atoms with Crippen molar-refractivity contribution in [2.24, 2.45) is 5.73 Å². The van der Waals surface area contributed by atoms with Crippen molar-refractivity contribution in [3.8, 4) is 0 Å². The van der Waals surface area contributed by atoms with Crippen molar-refractivity contribution in [1.29, 1.82) is 0 Å². The molecule has 0 bridgehead atoms. The number of nitrogens with one attached hydrogen (secondary N) is 4. The van der Waals surface area contributed by atoms with E-state index in [1.165, 1.54) is 44.9 Å². The Hall–Kier alpha value is -3.42. The van der Waals surface area contributed by atoms with Gasteiger partial charge in [0.25, 0.3) is 0 Å². The van der Waals surface area contributed by atoms with E-state index in [9.17, 15) is 33.9 Å². The highest BCUT2D eigenvalue weighted by Crippen LogP contribution is 2.12. The van der Waals surface area contributed by atoms with E-state index in [2.05, 4.69) is 28.2 Å². The Balaban J connectivity index is 3.63. The van der Waals surface area contributed by atoms with E-state index in [1.54, 1.807) is 0 Å². The SMILES string of the molecule is CCCCCCCCCCCCCC(=O)NC(CCC(=O)NCCOCCOCC(=O)NCCOCCOCC(=O)NCCOCCOCC(N)=O)C(=O)O. The average molecular weight is 792 g/mol. The van der Waals surface area contributed by atoms with Crippen LogP contribution >= 0.6 is 0 Å². The van der Waals surface area contributed by atoms with E-state index in [1.807, 2.05) is 0 Å². The monoisotopic (exact) mass is 791 g/mol. The molecule has 0 aliphatic heterocycles. The smallest absolute Gasteiger partial charge is 0.326 e. The molecule has 0 aromatic rings. The van der Waals surface area contributed by atoms with Gasteiger partial charge < -0.3 is 60.5 Å². The van der Waals surface area contributed by atoms with E-state index in [4.69, 9.17) is 34.2 Å². The number of rotatable bonds is 41. The lowest BCUT2D eigenvalue weighted by atomic mass is 10.0. The summed E-state index contributed by atoms with van der Waals surface area (Å²) < 4.78 is 31.4. The summed E-state index contributed by atoms with van der Waals surface area (Å²) in [6.45, 7) is 4.61. The number of carboxylic acid groups (broad SMARTS) is 1. The molecule has 0 aliphatic rings. The normalized spacial score (nSPS) is 11.5. The lowest BCUT2D eigenvalue weighted by molar-refractivity contribution is -0.142. The van der Waals surface area contributed by atoms with Gasteiger partial charge in [0.15, 0.2) is 0 Å². The van der Waals surface area contributed by atoms with Crippen LogP contribution in [0, 0.1) is 0 Å². The third-order valence-corrected chi connectivity index (χ3v) is 7.83. The molecule has 1 unspecified atom stereocenters. The molecule has 320 valence electrons. The van der Waals surface area contributed by atoms with Gasteiger partial charge in [0, 0.05) is 32.5 Å². The van der Waals surface area contributed by atoms with E-state index in [-0.39, 0.29) is 135 Å². The molecule has 7 N–H and O–H groups in total. The van der Waals surface area contributed by atoms with Gasteiger partial charge >= 0.3 is 5.97 Å². The summed E-state index contributed by atoms with van der Waals surface area (Å²) >= 11 is 0. The molecule has 0 saturated carbocycles. The summed E-state index contributed by atoms with van der Waals surface area (Å²) in [4.78, 5) is 70.0. The maximum atomic E-state index is 12.2. The molecule has 0 heterocycles. The van der Waals surface area contributed by atoms with Crippen LogP contribution in [0.25, 0.3) is 0 Å². The topological polar surface area (TPSA) is 252 Å². The van der Waals surface area contributed by atoms with Crippen molar-refractivity contribution in [2.45, 2.75) is 103 Å². The highest BCUT2D eigenvalue weighted by Gasteiger charge is 2.20. The Morgan fingerprint density at radius 1 is 0.491 bits per heavy atom. The summed E-state index contributed by atoms with van der Waals surface area (Å²) in [6, 6.07) is -1.12.